The Labute approximate surface area is 241 Å². The first-order valence-corrected chi connectivity index (χ1v) is 15.0. The highest BCUT2D eigenvalue weighted by Crippen LogP contribution is 2.29. The molecule has 0 saturated heterocycles. The molecule has 3 aromatic carbocycles. The van der Waals surface area contributed by atoms with Gasteiger partial charge in [0.25, 0.3) is 10.0 Å². The zero-order valence-electron chi connectivity index (χ0n) is 23.2. The lowest BCUT2D eigenvalue weighted by Gasteiger charge is -2.33. The molecule has 0 fully saturated rings. The van der Waals surface area contributed by atoms with Gasteiger partial charge in [0, 0.05) is 18.1 Å². The molecular weight excluding hydrogens is 553 g/mol. The van der Waals surface area contributed by atoms with Crippen LogP contribution in [0.15, 0.2) is 71.6 Å². The van der Waals surface area contributed by atoms with Gasteiger partial charge in [-0.2, -0.15) is 0 Å². The molecule has 2 amide bonds. The Morgan fingerprint density at radius 1 is 0.975 bits per heavy atom. The lowest BCUT2D eigenvalue weighted by molar-refractivity contribution is -0.140. The molecule has 0 aliphatic carbocycles. The van der Waals surface area contributed by atoms with E-state index in [9.17, 15) is 22.4 Å². The normalized spacial score (nSPS) is 12.1. The summed E-state index contributed by atoms with van der Waals surface area (Å²) in [5.41, 5.74) is 2.45. The van der Waals surface area contributed by atoms with Crippen LogP contribution in [0.4, 0.5) is 10.1 Å². The molecule has 0 saturated carbocycles. The smallest absolute Gasteiger partial charge is 0.264 e. The van der Waals surface area contributed by atoms with E-state index in [2.05, 4.69) is 5.32 Å². The third kappa shape index (κ3) is 7.61. The molecular formula is C30H35ClFN3O4S. The number of halogens is 2. The molecule has 0 bridgehead atoms. The van der Waals surface area contributed by atoms with Gasteiger partial charge < -0.3 is 10.2 Å². The minimum absolute atomic E-state index is 0.00968. The molecule has 7 nitrogen and oxygen atoms in total. The SMILES string of the molecule is CCCNC(=O)C(CC)N(Cc1ccc(F)cc1)C(=O)CN(c1ccc(C)c(Cl)c1)S(=O)(=O)c1ccc(C)cc1. The van der Waals surface area contributed by atoms with Crippen LogP contribution in [0.3, 0.4) is 0 Å². The Kier molecular flexibility index (Phi) is 10.7. The van der Waals surface area contributed by atoms with Crippen molar-refractivity contribution >= 4 is 39.1 Å². The molecule has 1 atom stereocenters. The second-order valence-electron chi connectivity index (χ2n) is 9.62. The fourth-order valence-electron chi connectivity index (χ4n) is 4.18. The van der Waals surface area contributed by atoms with Crippen LogP contribution in [-0.4, -0.2) is 44.3 Å². The van der Waals surface area contributed by atoms with E-state index in [1.165, 1.54) is 47.4 Å². The quantitative estimate of drug-likeness (QED) is 0.298. The maximum absolute atomic E-state index is 14.0. The molecule has 40 heavy (non-hydrogen) atoms. The monoisotopic (exact) mass is 587 g/mol. The average molecular weight is 588 g/mol. The van der Waals surface area contributed by atoms with Crippen LogP contribution in [0.2, 0.25) is 5.02 Å². The number of sulfonamides is 1. The van der Waals surface area contributed by atoms with E-state index in [0.717, 1.165) is 15.4 Å². The molecule has 1 unspecified atom stereocenters. The summed E-state index contributed by atoms with van der Waals surface area (Å²) < 4.78 is 42.4. The summed E-state index contributed by atoms with van der Waals surface area (Å²) in [5.74, 6) is -1.36. The summed E-state index contributed by atoms with van der Waals surface area (Å²) in [7, 11) is -4.20. The highest BCUT2D eigenvalue weighted by atomic mass is 35.5. The van der Waals surface area contributed by atoms with E-state index in [4.69, 9.17) is 11.6 Å². The number of nitrogens with one attached hydrogen (secondary N) is 1. The zero-order chi connectivity index (χ0) is 29.4. The first-order valence-electron chi connectivity index (χ1n) is 13.1. The third-order valence-corrected chi connectivity index (χ3v) is 8.73. The average Bonchev–Trinajstić information content (AvgIpc) is 2.93. The number of amides is 2. The van der Waals surface area contributed by atoms with Crippen molar-refractivity contribution in [2.75, 3.05) is 17.4 Å². The lowest BCUT2D eigenvalue weighted by Crippen LogP contribution is -2.52. The first-order chi connectivity index (χ1) is 19.0. The fraction of sp³-hybridized carbons (Fsp3) is 0.333. The van der Waals surface area contributed by atoms with Crippen molar-refractivity contribution in [1.82, 2.24) is 10.2 Å². The van der Waals surface area contributed by atoms with Crippen LogP contribution >= 0.6 is 11.6 Å². The molecule has 0 aliphatic heterocycles. The predicted octanol–water partition coefficient (Wildman–Crippen LogP) is 5.62. The van der Waals surface area contributed by atoms with Gasteiger partial charge in [-0.25, -0.2) is 12.8 Å². The maximum atomic E-state index is 14.0. The van der Waals surface area contributed by atoms with Crippen LogP contribution in [0.5, 0.6) is 0 Å². The van der Waals surface area contributed by atoms with Crippen LogP contribution in [0, 0.1) is 19.7 Å². The molecule has 0 radical (unpaired) electrons. The van der Waals surface area contributed by atoms with Crippen LogP contribution in [0.25, 0.3) is 0 Å². The Hall–Kier alpha value is -3.43. The van der Waals surface area contributed by atoms with E-state index in [0.29, 0.717) is 30.0 Å². The second kappa shape index (κ2) is 13.8. The largest absolute Gasteiger partial charge is 0.354 e. The van der Waals surface area contributed by atoms with Crippen molar-refractivity contribution in [2.45, 2.75) is 58.0 Å². The standard InChI is InChI=1S/C30H35ClFN3O4S/c1-5-17-33-30(37)28(6-2)34(19-23-10-12-24(32)13-11-23)29(36)20-35(25-14-9-22(4)27(31)18-25)40(38,39)26-15-7-21(3)8-16-26/h7-16,18,28H,5-6,17,19-20H2,1-4H3,(H,33,37). The summed E-state index contributed by atoms with van der Waals surface area (Å²) >= 11 is 6.36. The van der Waals surface area contributed by atoms with Gasteiger partial charge in [0.05, 0.1) is 10.6 Å². The van der Waals surface area contributed by atoms with Crippen molar-refractivity contribution in [3.63, 3.8) is 0 Å². The summed E-state index contributed by atoms with van der Waals surface area (Å²) in [6, 6.07) is 15.9. The van der Waals surface area contributed by atoms with E-state index < -0.39 is 34.3 Å². The number of aryl methyl sites for hydroxylation is 2. The maximum Gasteiger partial charge on any atom is 0.264 e. The molecule has 0 heterocycles. The molecule has 1 N–H and O–H groups in total. The molecule has 3 aromatic rings. The molecule has 214 valence electrons. The second-order valence-corrected chi connectivity index (χ2v) is 11.9. The first kappa shape index (κ1) is 31.1. The minimum atomic E-state index is -4.20. The van der Waals surface area contributed by atoms with Crippen LogP contribution in [0.1, 0.15) is 43.4 Å². The Balaban J connectivity index is 2.07. The molecule has 0 aromatic heterocycles. The van der Waals surface area contributed by atoms with E-state index in [1.54, 1.807) is 38.1 Å². The zero-order valence-corrected chi connectivity index (χ0v) is 24.7. The molecule has 0 spiro atoms. The van der Waals surface area contributed by atoms with Gasteiger partial charge in [-0.3, -0.25) is 13.9 Å². The summed E-state index contributed by atoms with van der Waals surface area (Å²) in [6.45, 7) is 7.19. The Bertz CT molecular complexity index is 1430. The Morgan fingerprint density at radius 2 is 1.62 bits per heavy atom. The highest BCUT2D eigenvalue weighted by molar-refractivity contribution is 7.92. The van der Waals surface area contributed by atoms with Gasteiger partial charge in [0.15, 0.2) is 0 Å². The number of nitrogens with zero attached hydrogens (tertiary/aromatic N) is 2. The van der Waals surface area contributed by atoms with Crippen molar-refractivity contribution in [1.29, 1.82) is 0 Å². The molecule has 3 rings (SSSR count). The topological polar surface area (TPSA) is 86.8 Å². The van der Waals surface area contributed by atoms with Gasteiger partial charge >= 0.3 is 0 Å². The van der Waals surface area contributed by atoms with Gasteiger partial charge in [-0.1, -0.05) is 61.3 Å². The summed E-state index contributed by atoms with van der Waals surface area (Å²) in [5, 5.41) is 3.18. The predicted molar refractivity (Wildman–Crippen MR) is 156 cm³/mol. The van der Waals surface area contributed by atoms with Crippen molar-refractivity contribution < 1.29 is 22.4 Å². The van der Waals surface area contributed by atoms with Gasteiger partial charge in [0.2, 0.25) is 11.8 Å². The number of hydrogen-bond donors (Lipinski definition) is 1. The Morgan fingerprint density at radius 3 is 2.20 bits per heavy atom. The highest BCUT2D eigenvalue weighted by Gasteiger charge is 2.33. The summed E-state index contributed by atoms with van der Waals surface area (Å²) in [4.78, 5) is 28.5. The van der Waals surface area contributed by atoms with Gasteiger partial charge in [0.1, 0.15) is 18.4 Å². The van der Waals surface area contributed by atoms with Crippen molar-refractivity contribution in [2.24, 2.45) is 0 Å². The van der Waals surface area contributed by atoms with Crippen LogP contribution in [-0.2, 0) is 26.2 Å². The summed E-state index contributed by atoms with van der Waals surface area (Å²) in [6.07, 6.45) is 1.01. The van der Waals surface area contributed by atoms with Gasteiger partial charge in [-0.05, 0) is 74.2 Å². The van der Waals surface area contributed by atoms with E-state index in [-0.39, 0.29) is 23.0 Å². The minimum Gasteiger partial charge on any atom is -0.354 e. The fourth-order valence-corrected chi connectivity index (χ4v) is 5.76. The lowest BCUT2D eigenvalue weighted by atomic mass is 10.1. The van der Waals surface area contributed by atoms with E-state index in [1.807, 2.05) is 13.8 Å². The van der Waals surface area contributed by atoms with Crippen molar-refractivity contribution in [3.05, 3.63) is 94.3 Å². The number of benzene rings is 3. The molecule has 10 heteroatoms. The number of carbonyl (C=O) groups is 2. The molecule has 0 aliphatic rings. The third-order valence-electron chi connectivity index (χ3n) is 6.53. The number of carbonyl (C=O) groups excluding carboxylic acids is 2. The number of hydrogen-bond acceptors (Lipinski definition) is 4. The van der Waals surface area contributed by atoms with E-state index >= 15 is 0 Å². The number of rotatable bonds is 12. The van der Waals surface area contributed by atoms with Gasteiger partial charge in [-0.15, -0.1) is 0 Å². The van der Waals surface area contributed by atoms with Crippen molar-refractivity contribution in [3.8, 4) is 0 Å². The number of anilines is 1. The van der Waals surface area contributed by atoms with Crippen LogP contribution < -0.4 is 9.62 Å².